The summed E-state index contributed by atoms with van der Waals surface area (Å²) in [4.78, 5) is 12.4. The van der Waals surface area contributed by atoms with Gasteiger partial charge in [0.1, 0.15) is 6.10 Å². The number of carbonyl (C=O) groups excluding carboxylic acids is 1. The van der Waals surface area contributed by atoms with Crippen molar-refractivity contribution < 1.29 is 22.8 Å². The fraction of sp³-hybridized carbons (Fsp3) is 0.891. The Labute approximate surface area is 341 Å². The van der Waals surface area contributed by atoms with E-state index in [-0.39, 0.29) is 39.5 Å². The van der Waals surface area contributed by atoms with Crippen molar-refractivity contribution in [1.29, 1.82) is 0 Å². The zero-order valence-electron chi connectivity index (χ0n) is 39.1. The van der Waals surface area contributed by atoms with E-state index in [1.807, 2.05) is 6.08 Å². The van der Waals surface area contributed by atoms with Crippen molar-refractivity contribution in [1.82, 2.24) is 0 Å². The molecule has 0 aromatic rings. The van der Waals surface area contributed by atoms with Crippen molar-refractivity contribution >= 4 is 30.9 Å². The highest BCUT2D eigenvalue weighted by Gasteiger charge is 2.44. The van der Waals surface area contributed by atoms with Crippen LogP contribution in [0.1, 0.15) is 185 Å². The van der Waals surface area contributed by atoms with E-state index in [0.717, 1.165) is 19.3 Å². The third-order valence-corrected chi connectivity index (χ3v) is 26.5. The van der Waals surface area contributed by atoms with Gasteiger partial charge in [-0.05, 0) is 73.7 Å². The second-order valence-electron chi connectivity index (χ2n) is 21.0. The first-order valence-corrected chi connectivity index (χ1v) is 30.9. The lowest BCUT2D eigenvalue weighted by atomic mass is 9.98. The summed E-state index contributed by atoms with van der Waals surface area (Å²) in [5.74, 6) is -0.400. The lowest BCUT2D eigenvalue weighted by Gasteiger charge is -2.44. The normalized spacial score (nSPS) is 15.8. The van der Waals surface area contributed by atoms with Crippen LogP contribution in [-0.2, 0) is 22.8 Å². The van der Waals surface area contributed by atoms with Gasteiger partial charge in [-0.15, -0.1) is 6.58 Å². The Hall–Kier alpha value is -0.519. The SMILES string of the molecule is C=CC[C@@H](C[C@@H](C[C@H](C[C@H](CCCCCCCCCCCCCCC)O[Si](C)(C)C(C)(C)C)O[Si](C)(C)C(C)(C)C)O[Si](C)(C)C(C)(C)C)OC(=O)C=C. The molecule has 0 heterocycles. The number of unbranched alkanes of at least 4 members (excludes halogenated alkanes) is 12. The highest BCUT2D eigenvalue weighted by atomic mass is 28.4. The van der Waals surface area contributed by atoms with Crippen LogP contribution in [0, 0.1) is 0 Å². The second-order valence-corrected chi connectivity index (χ2v) is 35.3. The first-order chi connectivity index (χ1) is 24.7. The van der Waals surface area contributed by atoms with Gasteiger partial charge in [0.05, 0.1) is 6.10 Å². The van der Waals surface area contributed by atoms with E-state index in [4.69, 9.17) is 18.0 Å². The van der Waals surface area contributed by atoms with Crippen LogP contribution in [-0.4, -0.2) is 55.3 Å². The standard InChI is InChI=1S/C46H94O5Si3/c1-19-22-23-24-25-26-27-28-29-30-31-32-33-35-40(49-52(13,14)44(4,5)6)37-42(51-54(17,18)46(10,11)12)38-41(50-53(15,16)45(7,8)9)36-39(34-20-2)48-43(47)21-3/h20-21,39-42H,2-3,19,22-38H2,1,4-18H3/t39-,40-,41-,42-/m0/s1. The summed E-state index contributed by atoms with van der Waals surface area (Å²) in [5.41, 5.74) is 0. The van der Waals surface area contributed by atoms with E-state index in [9.17, 15) is 4.79 Å². The first kappa shape index (κ1) is 53.5. The molecule has 0 fully saturated rings. The Morgan fingerprint density at radius 1 is 0.519 bits per heavy atom. The first-order valence-electron chi connectivity index (χ1n) is 22.2. The average molecular weight is 812 g/mol. The lowest BCUT2D eigenvalue weighted by molar-refractivity contribution is -0.144. The van der Waals surface area contributed by atoms with Gasteiger partial charge >= 0.3 is 5.97 Å². The zero-order chi connectivity index (χ0) is 41.9. The third-order valence-electron chi connectivity index (χ3n) is 12.9. The highest BCUT2D eigenvalue weighted by molar-refractivity contribution is 6.75. The molecule has 0 bridgehead atoms. The maximum absolute atomic E-state index is 12.4. The summed E-state index contributed by atoms with van der Waals surface area (Å²) in [6.07, 6.45) is 24.2. The largest absolute Gasteiger partial charge is 0.459 e. The Kier molecular flexibility index (Phi) is 24.8. The molecule has 5 nitrogen and oxygen atoms in total. The molecule has 0 saturated heterocycles. The van der Waals surface area contributed by atoms with Crippen LogP contribution in [0.25, 0.3) is 0 Å². The summed E-state index contributed by atoms with van der Waals surface area (Å²) < 4.78 is 27.8. The number of hydrogen-bond acceptors (Lipinski definition) is 5. The second kappa shape index (κ2) is 25.1. The van der Waals surface area contributed by atoms with Crippen LogP contribution in [0.5, 0.6) is 0 Å². The van der Waals surface area contributed by atoms with Crippen LogP contribution < -0.4 is 0 Å². The van der Waals surface area contributed by atoms with Crippen LogP contribution >= 0.6 is 0 Å². The third kappa shape index (κ3) is 21.9. The number of hydrogen-bond donors (Lipinski definition) is 0. The molecule has 0 amide bonds. The van der Waals surface area contributed by atoms with Gasteiger partial charge in [0.25, 0.3) is 0 Å². The Bertz CT molecular complexity index is 1030. The molecular weight excluding hydrogens is 717 g/mol. The Balaban J connectivity index is 6.26. The predicted octanol–water partition coefficient (Wildman–Crippen LogP) is 15.5. The topological polar surface area (TPSA) is 54.0 Å². The summed E-state index contributed by atoms with van der Waals surface area (Å²) in [6.45, 7) is 45.0. The van der Waals surface area contributed by atoms with Crippen molar-refractivity contribution in [2.45, 2.75) is 264 Å². The van der Waals surface area contributed by atoms with Gasteiger partial charge in [0, 0.05) is 31.1 Å². The molecule has 0 aliphatic carbocycles. The molecule has 54 heavy (non-hydrogen) atoms. The molecule has 0 aromatic carbocycles. The Morgan fingerprint density at radius 3 is 1.17 bits per heavy atom. The number of esters is 1. The molecule has 0 aromatic heterocycles. The van der Waals surface area contributed by atoms with Crippen molar-refractivity contribution in [3.05, 3.63) is 25.3 Å². The maximum Gasteiger partial charge on any atom is 0.330 e. The lowest BCUT2D eigenvalue weighted by Crippen LogP contribution is -2.49. The highest BCUT2D eigenvalue weighted by Crippen LogP contribution is 2.43. The van der Waals surface area contributed by atoms with Crippen molar-refractivity contribution in [2.24, 2.45) is 0 Å². The summed E-state index contributed by atoms with van der Waals surface area (Å²) in [5, 5.41) is 0.226. The number of carbonyl (C=O) groups is 1. The maximum atomic E-state index is 12.4. The molecule has 0 radical (unpaired) electrons. The summed E-state index contributed by atoms with van der Waals surface area (Å²) in [7, 11) is -6.38. The summed E-state index contributed by atoms with van der Waals surface area (Å²) >= 11 is 0. The van der Waals surface area contributed by atoms with Crippen LogP contribution in [0.3, 0.4) is 0 Å². The van der Waals surface area contributed by atoms with Crippen molar-refractivity contribution in [2.75, 3.05) is 0 Å². The van der Waals surface area contributed by atoms with Gasteiger partial charge < -0.3 is 18.0 Å². The number of ether oxygens (including phenoxy) is 1. The van der Waals surface area contributed by atoms with Crippen LogP contribution in [0.4, 0.5) is 0 Å². The van der Waals surface area contributed by atoms with Gasteiger partial charge in [-0.3, -0.25) is 0 Å². The molecule has 0 unspecified atom stereocenters. The van der Waals surface area contributed by atoms with Gasteiger partial charge in [0.15, 0.2) is 25.0 Å². The molecule has 0 aliphatic heterocycles. The van der Waals surface area contributed by atoms with Gasteiger partial charge in [-0.25, -0.2) is 4.79 Å². The van der Waals surface area contributed by atoms with Crippen molar-refractivity contribution in [3.8, 4) is 0 Å². The molecule has 0 N–H and O–H groups in total. The zero-order valence-corrected chi connectivity index (χ0v) is 42.1. The van der Waals surface area contributed by atoms with E-state index >= 15 is 0 Å². The minimum absolute atomic E-state index is 0.0307. The quantitative estimate of drug-likeness (QED) is 0.0238. The molecule has 320 valence electrons. The minimum atomic E-state index is -2.18. The molecule has 0 aliphatic rings. The molecule has 8 heteroatoms. The van der Waals surface area contributed by atoms with E-state index < -0.39 is 30.9 Å². The average Bonchev–Trinajstić information content (AvgIpc) is 3.01. The van der Waals surface area contributed by atoms with E-state index in [1.165, 1.54) is 89.5 Å². The molecule has 0 spiro atoms. The Morgan fingerprint density at radius 2 is 0.833 bits per heavy atom. The molecule has 0 rings (SSSR count). The molecule has 0 saturated carbocycles. The van der Waals surface area contributed by atoms with E-state index in [2.05, 4.69) is 122 Å². The van der Waals surface area contributed by atoms with Crippen molar-refractivity contribution in [3.63, 3.8) is 0 Å². The fourth-order valence-electron chi connectivity index (χ4n) is 6.25. The van der Waals surface area contributed by atoms with Crippen LogP contribution in [0.2, 0.25) is 54.4 Å². The minimum Gasteiger partial charge on any atom is -0.459 e. The fourth-order valence-corrected chi connectivity index (χ4v) is 10.4. The van der Waals surface area contributed by atoms with Crippen LogP contribution in [0.15, 0.2) is 25.3 Å². The monoisotopic (exact) mass is 811 g/mol. The van der Waals surface area contributed by atoms with Gasteiger partial charge in [-0.1, -0.05) is 165 Å². The van der Waals surface area contributed by atoms with Gasteiger partial charge in [0.2, 0.25) is 0 Å². The van der Waals surface area contributed by atoms with E-state index in [1.54, 1.807) is 0 Å². The molecule has 4 atom stereocenters. The predicted molar refractivity (Wildman–Crippen MR) is 245 cm³/mol. The van der Waals surface area contributed by atoms with E-state index in [0.29, 0.717) is 12.8 Å². The van der Waals surface area contributed by atoms with Gasteiger partial charge in [-0.2, -0.15) is 0 Å². The molecular formula is C46H94O5Si3. The number of rotatable bonds is 30. The smallest absolute Gasteiger partial charge is 0.330 e. The summed E-state index contributed by atoms with van der Waals surface area (Å²) in [6, 6.07) is 0.